The van der Waals surface area contributed by atoms with Gasteiger partial charge in [-0.2, -0.15) is 0 Å². The summed E-state index contributed by atoms with van der Waals surface area (Å²) in [5, 5.41) is 8.66. The molecule has 60 valence electrons. The van der Waals surface area contributed by atoms with E-state index in [1.54, 1.807) is 0 Å². The molecule has 0 saturated heterocycles. The van der Waals surface area contributed by atoms with Crippen molar-refractivity contribution in [3.63, 3.8) is 0 Å². The Balaban J connectivity index is 2.79. The van der Waals surface area contributed by atoms with Crippen LogP contribution in [0.4, 0.5) is 0 Å². The topological polar surface area (TPSA) is 80.4 Å². The first-order valence-electron chi connectivity index (χ1n) is 3.15. The molecule has 2 heterocycles. The van der Waals surface area contributed by atoms with Crippen molar-refractivity contribution in [2.75, 3.05) is 0 Å². The molecule has 2 aromatic heterocycles. The number of carbonyl (C=O) groups is 1. The number of hydrogen-bond donors (Lipinski definition) is 1. The Hall–Kier alpha value is -1.98. The van der Waals surface area contributed by atoms with Crippen LogP contribution in [0.3, 0.4) is 0 Å². The van der Waals surface area contributed by atoms with Crippen LogP contribution in [0.15, 0.2) is 18.9 Å². The molecule has 1 N–H and O–H groups in total. The van der Waals surface area contributed by atoms with E-state index in [1.807, 2.05) is 0 Å². The first-order chi connectivity index (χ1) is 5.79. The molecule has 12 heavy (non-hydrogen) atoms. The second-order valence-electron chi connectivity index (χ2n) is 2.13. The van der Waals surface area contributed by atoms with Crippen molar-refractivity contribution in [2.45, 2.75) is 0 Å². The van der Waals surface area contributed by atoms with Gasteiger partial charge in [-0.1, -0.05) is 0 Å². The van der Waals surface area contributed by atoms with Crippen LogP contribution in [0.2, 0.25) is 0 Å². The Morgan fingerprint density at radius 3 is 3.08 bits per heavy atom. The van der Waals surface area contributed by atoms with Gasteiger partial charge in [0.2, 0.25) is 5.78 Å². The van der Waals surface area contributed by atoms with Crippen LogP contribution in [0.25, 0.3) is 5.78 Å². The van der Waals surface area contributed by atoms with Crippen molar-refractivity contribution in [1.82, 2.24) is 19.4 Å². The van der Waals surface area contributed by atoms with Crippen LogP contribution >= 0.6 is 0 Å². The maximum atomic E-state index is 10.6. The highest BCUT2D eigenvalue weighted by molar-refractivity contribution is 5.86. The van der Waals surface area contributed by atoms with Gasteiger partial charge in [-0.15, -0.1) is 0 Å². The van der Waals surface area contributed by atoms with Gasteiger partial charge < -0.3 is 5.11 Å². The molecule has 0 aliphatic rings. The largest absolute Gasteiger partial charge is 0.477 e. The van der Waals surface area contributed by atoms with E-state index in [-0.39, 0.29) is 5.69 Å². The van der Waals surface area contributed by atoms with Crippen LogP contribution in [0, 0.1) is 0 Å². The third-order valence-corrected chi connectivity index (χ3v) is 1.42. The van der Waals surface area contributed by atoms with Crippen LogP contribution in [-0.2, 0) is 0 Å². The summed E-state index contributed by atoms with van der Waals surface area (Å²) in [6.45, 7) is 0. The highest BCUT2D eigenvalue weighted by atomic mass is 16.4. The number of aromatic carboxylic acids is 1. The van der Waals surface area contributed by atoms with Gasteiger partial charge in [0.25, 0.3) is 0 Å². The molecule has 0 saturated carbocycles. The van der Waals surface area contributed by atoms with Crippen molar-refractivity contribution in [1.29, 1.82) is 0 Å². The average molecular weight is 164 g/mol. The highest BCUT2D eigenvalue weighted by Gasteiger charge is 2.09. The quantitative estimate of drug-likeness (QED) is 0.632. The molecule has 0 fully saturated rings. The van der Waals surface area contributed by atoms with Crippen molar-refractivity contribution in [3.05, 3.63) is 24.5 Å². The number of carboxylic acids is 1. The Labute approximate surface area is 66.5 Å². The summed E-state index contributed by atoms with van der Waals surface area (Å²) in [4.78, 5) is 21.8. The zero-order valence-electron chi connectivity index (χ0n) is 5.88. The molecule has 0 atom stereocenters. The zero-order valence-corrected chi connectivity index (χ0v) is 5.88. The standard InChI is InChI=1S/C6H4N4O2/c11-5(12)4-1-8-6-9-2-7-3-10(4)6/h1-3H,(H,11,12). The maximum Gasteiger partial charge on any atom is 0.354 e. The third-order valence-electron chi connectivity index (χ3n) is 1.42. The molecule has 0 spiro atoms. The predicted octanol–water partition coefficient (Wildman–Crippen LogP) is -0.177. The number of hydrogen-bond acceptors (Lipinski definition) is 4. The minimum atomic E-state index is -1.04. The lowest BCUT2D eigenvalue weighted by Gasteiger charge is -1.91. The molecule has 0 aliphatic heterocycles. The zero-order chi connectivity index (χ0) is 8.55. The Morgan fingerprint density at radius 1 is 1.50 bits per heavy atom. The van der Waals surface area contributed by atoms with Crippen molar-refractivity contribution >= 4 is 11.7 Å². The fourth-order valence-corrected chi connectivity index (χ4v) is 0.900. The summed E-state index contributed by atoms with van der Waals surface area (Å²) in [5.41, 5.74) is 0.0607. The van der Waals surface area contributed by atoms with Crippen molar-refractivity contribution in [2.24, 2.45) is 0 Å². The number of rotatable bonds is 1. The lowest BCUT2D eigenvalue weighted by Crippen LogP contribution is -2.02. The van der Waals surface area contributed by atoms with Gasteiger partial charge in [0.15, 0.2) is 5.69 Å². The fourth-order valence-electron chi connectivity index (χ4n) is 0.900. The molecule has 6 heteroatoms. The number of carboxylic acid groups (broad SMARTS) is 1. The van der Waals surface area contributed by atoms with Gasteiger partial charge in [-0.05, 0) is 0 Å². The maximum absolute atomic E-state index is 10.6. The second-order valence-corrected chi connectivity index (χ2v) is 2.13. The molecule has 0 aliphatic carbocycles. The summed E-state index contributed by atoms with van der Waals surface area (Å²) >= 11 is 0. The third kappa shape index (κ3) is 0.815. The van der Waals surface area contributed by atoms with Gasteiger partial charge in [0.05, 0.1) is 6.20 Å². The minimum absolute atomic E-state index is 0.0607. The molecule has 0 unspecified atom stereocenters. The van der Waals surface area contributed by atoms with E-state index in [4.69, 9.17) is 5.11 Å². The minimum Gasteiger partial charge on any atom is -0.477 e. The van der Waals surface area contributed by atoms with Crippen LogP contribution in [-0.4, -0.2) is 30.4 Å². The Kier molecular flexibility index (Phi) is 1.26. The second kappa shape index (κ2) is 2.26. The monoisotopic (exact) mass is 164 g/mol. The van der Waals surface area contributed by atoms with Crippen LogP contribution in [0.1, 0.15) is 10.5 Å². The molecule has 6 nitrogen and oxygen atoms in total. The molecule has 2 rings (SSSR count). The average Bonchev–Trinajstić information content (AvgIpc) is 2.47. The summed E-state index contributed by atoms with van der Waals surface area (Å²) < 4.78 is 1.31. The van der Waals surface area contributed by atoms with E-state index in [2.05, 4.69) is 15.0 Å². The lowest BCUT2D eigenvalue weighted by atomic mass is 10.5. The van der Waals surface area contributed by atoms with E-state index in [0.29, 0.717) is 5.78 Å². The van der Waals surface area contributed by atoms with E-state index >= 15 is 0 Å². The SMILES string of the molecule is O=C(O)c1cnc2ncncn12. The Morgan fingerprint density at radius 2 is 2.33 bits per heavy atom. The van der Waals surface area contributed by atoms with Gasteiger partial charge >= 0.3 is 5.97 Å². The van der Waals surface area contributed by atoms with Crippen molar-refractivity contribution in [3.8, 4) is 0 Å². The van der Waals surface area contributed by atoms with Gasteiger partial charge in [-0.25, -0.2) is 19.7 Å². The van der Waals surface area contributed by atoms with Gasteiger partial charge in [0.1, 0.15) is 12.7 Å². The van der Waals surface area contributed by atoms with E-state index in [1.165, 1.54) is 23.3 Å². The molecule has 0 aromatic carbocycles. The van der Waals surface area contributed by atoms with Gasteiger partial charge in [-0.3, -0.25) is 4.40 Å². The predicted molar refractivity (Wildman–Crippen MR) is 37.7 cm³/mol. The van der Waals surface area contributed by atoms with Crippen LogP contribution < -0.4 is 0 Å². The van der Waals surface area contributed by atoms with Gasteiger partial charge in [0, 0.05) is 0 Å². The fraction of sp³-hybridized carbons (Fsp3) is 0. The first-order valence-corrected chi connectivity index (χ1v) is 3.15. The summed E-state index contributed by atoms with van der Waals surface area (Å²) in [7, 11) is 0. The number of fused-ring (bicyclic) bond motifs is 1. The molecule has 0 bridgehead atoms. The van der Waals surface area contributed by atoms with Crippen LogP contribution in [0.5, 0.6) is 0 Å². The summed E-state index contributed by atoms with van der Waals surface area (Å²) in [6, 6.07) is 0. The first kappa shape index (κ1) is 6.71. The smallest absolute Gasteiger partial charge is 0.354 e. The van der Waals surface area contributed by atoms with Crippen molar-refractivity contribution < 1.29 is 9.90 Å². The number of aromatic nitrogens is 4. The molecule has 0 amide bonds. The summed E-state index contributed by atoms with van der Waals surface area (Å²) in [6.07, 6.45) is 3.92. The molecular formula is C6H4N4O2. The molecule has 0 radical (unpaired) electrons. The Bertz CT molecular complexity index is 436. The summed E-state index contributed by atoms with van der Waals surface area (Å²) in [5.74, 6) is -0.709. The number of imidazole rings is 1. The van der Waals surface area contributed by atoms with E-state index in [9.17, 15) is 4.79 Å². The molecule has 2 aromatic rings. The van der Waals surface area contributed by atoms with E-state index < -0.39 is 5.97 Å². The molecular weight excluding hydrogens is 160 g/mol. The highest BCUT2D eigenvalue weighted by Crippen LogP contribution is 2.00. The normalized spacial score (nSPS) is 10.3. The number of nitrogens with zero attached hydrogens (tertiary/aromatic N) is 4. The lowest BCUT2D eigenvalue weighted by molar-refractivity contribution is 0.0689. The van der Waals surface area contributed by atoms with E-state index in [0.717, 1.165) is 0 Å².